The molecular weight excluding hydrogens is 314 g/mol. The summed E-state index contributed by atoms with van der Waals surface area (Å²) < 4.78 is 0. The van der Waals surface area contributed by atoms with Gasteiger partial charge in [0.1, 0.15) is 5.52 Å². The second-order valence-electron chi connectivity index (χ2n) is 5.92. The van der Waals surface area contributed by atoms with E-state index >= 15 is 0 Å². The van der Waals surface area contributed by atoms with Gasteiger partial charge in [0.05, 0.1) is 5.69 Å². The quantitative estimate of drug-likeness (QED) is 0.588. The molecule has 0 aliphatic rings. The molecule has 2 aromatic heterocycles. The van der Waals surface area contributed by atoms with Gasteiger partial charge in [0.2, 0.25) is 0 Å². The summed E-state index contributed by atoms with van der Waals surface area (Å²) in [4.78, 5) is 15.6. The topological polar surface area (TPSA) is 108 Å². The van der Waals surface area contributed by atoms with E-state index in [1.165, 1.54) is 0 Å². The first-order chi connectivity index (χ1) is 12.1. The average molecular weight is 329 g/mol. The molecule has 122 valence electrons. The molecule has 0 fully saturated rings. The van der Waals surface area contributed by atoms with Gasteiger partial charge in [0.25, 0.3) is 5.91 Å². The number of nitrogen functional groups attached to an aromatic ring is 1. The number of hydrogen-bond donors (Lipinski definition) is 2. The Bertz CT molecular complexity index is 1150. The number of amides is 1. The summed E-state index contributed by atoms with van der Waals surface area (Å²) in [7, 11) is 0. The number of rotatable bonds is 2. The fourth-order valence-corrected chi connectivity index (χ4v) is 3.08. The van der Waals surface area contributed by atoms with Crippen molar-refractivity contribution >= 4 is 33.3 Å². The number of pyridine rings is 1. The van der Waals surface area contributed by atoms with Gasteiger partial charge >= 0.3 is 0 Å². The van der Waals surface area contributed by atoms with Gasteiger partial charge < -0.3 is 11.5 Å². The Hall–Kier alpha value is -3.54. The number of benzene rings is 2. The Morgan fingerprint density at radius 1 is 1.04 bits per heavy atom. The van der Waals surface area contributed by atoms with E-state index < -0.39 is 5.91 Å². The first-order valence-electron chi connectivity index (χ1n) is 7.75. The van der Waals surface area contributed by atoms with Crippen LogP contribution < -0.4 is 11.5 Å². The van der Waals surface area contributed by atoms with Crippen LogP contribution in [0.4, 0.5) is 5.69 Å². The van der Waals surface area contributed by atoms with Crippen LogP contribution in [0.2, 0.25) is 0 Å². The summed E-state index contributed by atoms with van der Waals surface area (Å²) in [6.07, 6.45) is 3.59. The summed E-state index contributed by atoms with van der Waals surface area (Å²) in [5.41, 5.74) is 15.3. The number of fused-ring (bicyclic) bond motifs is 2. The van der Waals surface area contributed by atoms with Crippen molar-refractivity contribution in [2.24, 2.45) is 5.73 Å². The summed E-state index contributed by atoms with van der Waals surface area (Å²) >= 11 is 0. The van der Waals surface area contributed by atoms with E-state index in [0.29, 0.717) is 10.9 Å². The lowest BCUT2D eigenvalue weighted by atomic mass is 9.95. The summed E-state index contributed by atoms with van der Waals surface area (Å²) in [6.45, 7) is 2.01. The van der Waals surface area contributed by atoms with Crippen molar-refractivity contribution in [1.29, 1.82) is 0 Å². The molecule has 4 aromatic rings. The van der Waals surface area contributed by atoms with Gasteiger partial charge in [0.15, 0.2) is 5.69 Å². The van der Waals surface area contributed by atoms with Gasteiger partial charge in [-0.05, 0) is 35.6 Å². The third-order valence-corrected chi connectivity index (χ3v) is 4.34. The highest BCUT2D eigenvalue weighted by atomic mass is 16.1. The minimum atomic E-state index is -0.688. The zero-order valence-corrected chi connectivity index (χ0v) is 13.5. The molecule has 25 heavy (non-hydrogen) atoms. The largest absolute Gasteiger partial charge is 0.396 e. The third-order valence-electron chi connectivity index (χ3n) is 4.34. The Balaban J connectivity index is 2.04. The smallest absolute Gasteiger partial charge is 0.271 e. The number of nitrogens with zero attached hydrogens (tertiary/aromatic N) is 3. The minimum Gasteiger partial charge on any atom is -0.396 e. The molecule has 2 heterocycles. The highest BCUT2D eigenvalue weighted by molar-refractivity contribution is 6.08. The molecule has 0 radical (unpaired) electrons. The second kappa shape index (κ2) is 5.52. The molecule has 6 heteroatoms. The predicted molar refractivity (Wildman–Crippen MR) is 97.9 cm³/mol. The molecule has 0 bridgehead atoms. The van der Waals surface area contributed by atoms with Crippen molar-refractivity contribution in [3.63, 3.8) is 0 Å². The molecule has 0 aliphatic heterocycles. The molecule has 4 N–H and O–H groups in total. The van der Waals surface area contributed by atoms with E-state index in [9.17, 15) is 4.79 Å². The van der Waals surface area contributed by atoms with Crippen LogP contribution in [0.25, 0.3) is 32.8 Å². The number of aryl methyl sites for hydroxylation is 1. The van der Waals surface area contributed by atoms with Gasteiger partial charge in [-0.15, -0.1) is 10.2 Å². The van der Waals surface area contributed by atoms with Gasteiger partial charge in [-0.1, -0.05) is 24.3 Å². The van der Waals surface area contributed by atoms with Crippen LogP contribution in [0.1, 0.15) is 16.1 Å². The molecule has 0 aliphatic carbocycles. The van der Waals surface area contributed by atoms with E-state index in [1.54, 1.807) is 6.20 Å². The average Bonchev–Trinajstić information content (AvgIpc) is 2.61. The molecule has 4 rings (SSSR count). The second-order valence-corrected chi connectivity index (χ2v) is 5.92. The van der Waals surface area contributed by atoms with Crippen molar-refractivity contribution in [2.45, 2.75) is 6.92 Å². The molecule has 6 nitrogen and oxygen atoms in total. The van der Waals surface area contributed by atoms with Crippen LogP contribution in [0.5, 0.6) is 0 Å². The Morgan fingerprint density at radius 3 is 2.68 bits per heavy atom. The van der Waals surface area contributed by atoms with Crippen molar-refractivity contribution in [1.82, 2.24) is 15.2 Å². The van der Waals surface area contributed by atoms with E-state index in [-0.39, 0.29) is 11.4 Å². The fourth-order valence-electron chi connectivity index (χ4n) is 3.08. The molecule has 1 amide bonds. The van der Waals surface area contributed by atoms with Crippen LogP contribution in [0.3, 0.4) is 0 Å². The number of anilines is 1. The highest BCUT2D eigenvalue weighted by Gasteiger charge is 2.16. The zero-order chi connectivity index (χ0) is 17.6. The summed E-state index contributed by atoms with van der Waals surface area (Å²) in [5, 5.41) is 11.0. The van der Waals surface area contributed by atoms with E-state index in [2.05, 4.69) is 21.2 Å². The lowest BCUT2D eigenvalue weighted by Gasteiger charge is -2.12. The zero-order valence-electron chi connectivity index (χ0n) is 13.5. The highest BCUT2D eigenvalue weighted by Crippen LogP contribution is 2.34. The van der Waals surface area contributed by atoms with Crippen molar-refractivity contribution in [3.8, 4) is 11.1 Å². The number of carbonyl (C=O) groups is 1. The van der Waals surface area contributed by atoms with Crippen LogP contribution >= 0.6 is 0 Å². The molecule has 0 spiro atoms. The number of nitrogens with two attached hydrogens (primary N) is 2. The SMILES string of the molecule is Cc1ccc2c(N)c(C(N)=O)nnc2c1-c1ccc2cnccc2c1. The van der Waals surface area contributed by atoms with E-state index in [4.69, 9.17) is 11.5 Å². The molecule has 0 atom stereocenters. The maximum absolute atomic E-state index is 11.5. The first kappa shape index (κ1) is 15.0. The van der Waals surface area contributed by atoms with Crippen LogP contribution in [0, 0.1) is 6.92 Å². The lowest BCUT2D eigenvalue weighted by molar-refractivity contribution is 0.0996. The monoisotopic (exact) mass is 329 g/mol. The number of primary amides is 1. The molecular formula is C19H15N5O. The summed E-state index contributed by atoms with van der Waals surface area (Å²) in [5.74, 6) is -0.688. The fraction of sp³-hybridized carbons (Fsp3) is 0.0526. The maximum Gasteiger partial charge on any atom is 0.271 e. The third kappa shape index (κ3) is 2.35. The lowest BCUT2D eigenvalue weighted by Crippen LogP contribution is -2.16. The van der Waals surface area contributed by atoms with Gasteiger partial charge in [0, 0.05) is 28.7 Å². The van der Waals surface area contributed by atoms with Gasteiger partial charge in [-0.3, -0.25) is 9.78 Å². The number of carbonyl (C=O) groups excluding carboxylic acids is 1. The number of hydrogen-bond acceptors (Lipinski definition) is 5. The van der Waals surface area contributed by atoms with Crippen LogP contribution in [-0.2, 0) is 0 Å². The Morgan fingerprint density at radius 2 is 1.88 bits per heavy atom. The Kier molecular flexibility index (Phi) is 3.32. The molecule has 0 saturated heterocycles. The molecule has 0 unspecified atom stereocenters. The van der Waals surface area contributed by atoms with Crippen LogP contribution in [0.15, 0.2) is 48.8 Å². The van der Waals surface area contributed by atoms with Crippen LogP contribution in [-0.4, -0.2) is 21.1 Å². The van der Waals surface area contributed by atoms with Gasteiger partial charge in [-0.2, -0.15) is 0 Å². The maximum atomic E-state index is 11.5. The predicted octanol–water partition coefficient (Wildman–Crippen LogP) is 2.83. The van der Waals surface area contributed by atoms with E-state index in [1.807, 2.05) is 43.5 Å². The summed E-state index contributed by atoms with van der Waals surface area (Å²) in [6, 6.07) is 11.9. The first-order valence-corrected chi connectivity index (χ1v) is 7.75. The van der Waals surface area contributed by atoms with Gasteiger partial charge in [-0.25, -0.2) is 0 Å². The van der Waals surface area contributed by atoms with Crippen molar-refractivity contribution in [3.05, 3.63) is 60.0 Å². The number of aromatic nitrogens is 3. The Labute approximate surface area is 143 Å². The van der Waals surface area contributed by atoms with Crippen molar-refractivity contribution in [2.75, 3.05) is 5.73 Å². The van der Waals surface area contributed by atoms with Crippen molar-refractivity contribution < 1.29 is 4.79 Å². The minimum absolute atomic E-state index is 0.00751. The normalized spacial score (nSPS) is 11.1. The standard InChI is InChI=1S/C19H15N5O/c1-10-2-5-14-16(20)18(19(21)25)24-23-17(14)15(10)12-3-4-13-9-22-7-6-11(13)8-12/h2-9H,1H3,(H2,20,23)(H2,21,25). The molecule has 2 aromatic carbocycles. The molecule has 0 saturated carbocycles. The van der Waals surface area contributed by atoms with E-state index in [0.717, 1.165) is 27.5 Å².